The fraction of sp³-hybridized carbons (Fsp3) is 0.0667. The van der Waals surface area contributed by atoms with E-state index in [4.69, 9.17) is 16.7 Å². The lowest BCUT2D eigenvalue weighted by Crippen LogP contribution is -1.86. The highest BCUT2D eigenvalue weighted by molar-refractivity contribution is 7.19. The van der Waals surface area contributed by atoms with Gasteiger partial charge < -0.3 is 9.51 Å². The van der Waals surface area contributed by atoms with E-state index >= 15 is 0 Å². The maximum absolute atomic E-state index is 9.12. The standard InChI is InChI=1S/C15H10ClN3OS2/c16-13-3-2-12(22-13)10-6-19-5-9(1-4-14(19)17-10)11-8-21-15(7-20)18-11/h1-6,8,20H,7H2. The second kappa shape index (κ2) is 5.48. The maximum atomic E-state index is 9.12. The number of nitrogens with zero attached hydrogens (tertiary/aromatic N) is 3. The fourth-order valence-electron chi connectivity index (χ4n) is 2.23. The molecule has 0 fully saturated rings. The van der Waals surface area contributed by atoms with Crippen LogP contribution in [0.15, 0.2) is 42.0 Å². The Morgan fingerprint density at radius 1 is 1.09 bits per heavy atom. The molecule has 0 unspecified atom stereocenters. The van der Waals surface area contributed by atoms with Crippen LogP contribution >= 0.6 is 34.3 Å². The van der Waals surface area contributed by atoms with Gasteiger partial charge in [-0.3, -0.25) is 0 Å². The van der Waals surface area contributed by atoms with E-state index in [1.54, 1.807) is 0 Å². The first kappa shape index (κ1) is 13.9. The lowest BCUT2D eigenvalue weighted by Gasteiger charge is -1.98. The van der Waals surface area contributed by atoms with Crippen molar-refractivity contribution >= 4 is 39.9 Å². The van der Waals surface area contributed by atoms with Crippen LogP contribution in [0.5, 0.6) is 0 Å². The summed E-state index contributed by atoms with van der Waals surface area (Å²) < 4.78 is 2.74. The summed E-state index contributed by atoms with van der Waals surface area (Å²) in [5, 5.41) is 11.8. The normalized spacial score (nSPS) is 11.4. The summed E-state index contributed by atoms with van der Waals surface area (Å²) in [6.07, 6.45) is 3.98. The average molecular weight is 348 g/mol. The van der Waals surface area contributed by atoms with Crippen LogP contribution in [0.25, 0.3) is 27.5 Å². The molecule has 4 aromatic rings. The van der Waals surface area contributed by atoms with Crippen molar-refractivity contribution in [3.8, 4) is 21.8 Å². The number of hydrogen-bond acceptors (Lipinski definition) is 5. The fourth-order valence-corrected chi connectivity index (χ4v) is 3.89. The third kappa shape index (κ3) is 2.44. The second-order valence-corrected chi connectivity index (χ2v) is 7.36. The first-order valence-corrected chi connectivity index (χ1v) is 8.60. The minimum atomic E-state index is -0.0265. The topological polar surface area (TPSA) is 50.4 Å². The van der Waals surface area contributed by atoms with E-state index in [-0.39, 0.29) is 6.61 Å². The Morgan fingerprint density at radius 3 is 2.73 bits per heavy atom. The summed E-state index contributed by atoms with van der Waals surface area (Å²) in [4.78, 5) is 10.1. The van der Waals surface area contributed by atoms with Gasteiger partial charge in [-0.15, -0.1) is 22.7 Å². The lowest BCUT2D eigenvalue weighted by atomic mass is 10.2. The minimum Gasteiger partial charge on any atom is -0.389 e. The zero-order chi connectivity index (χ0) is 15.1. The molecule has 0 atom stereocenters. The van der Waals surface area contributed by atoms with Gasteiger partial charge in [0.05, 0.1) is 27.2 Å². The van der Waals surface area contributed by atoms with Gasteiger partial charge in [0.1, 0.15) is 10.7 Å². The average Bonchev–Trinajstić information content (AvgIpc) is 3.24. The van der Waals surface area contributed by atoms with Gasteiger partial charge in [-0.25, -0.2) is 9.97 Å². The zero-order valence-corrected chi connectivity index (χ0v) is 13.6. The van der Waals surface area contributed by atoms with Gasteiger partial charge >= 0.3 is 0 Å². The molecule has 0 saturated heterocycles. The molecule has 4 aromatic heterocycles. The Morgan fingerprint density at radius 2 is 2.00 bits per heavy atom. The van der Waals surface area contributed by atoms with Crippen molar-refractivity contribution in [2.45, 2.75) is 6.61 Å². The van der Waals surface area contributed by atoms with E-state index in [0.717, 1.165) is 36.8 Å². The number of fused-ring (bicyclic) bond motifs is 1. The molecule has 0 aliphatic carbocycles. The van der Waals surface area contributed by atoms with Gasteiger partial charge in [0.15, 0.2) is 0 Å². The number of imidazole rings is 1. The lowest BCUT2D eigenvalue weighted by molar-refractivity contribution is 0.281. The third-order valence-electron chi connectivity index (χ3n) is 3.26. The largest absolute Gasteiger partial charge is 0.389 e. The Bertz CT molecular complexity index is 957. The monoisotopic (exact) mass is 347 g/mol. The van der Waals surface area contributed by atoms with Gasteiger partial charge in [0, 0.05) is 23.3 Å². The zero-order valence-electron chi connectivity index (χ0n) is 11.2. The van der Waals surface area contributed by atoms with E-state index in [1.165, 1.54) is 22.7 Å². The number of aromatic nitrogens is 3. The minimum absolute atomic E-state index is 0.0265. The van der Waals surface area contributed by atoms with Crippen LogP contribution in [0.3, 0.4) is 0 Å². The van der Waals surface area contributed by atoms with Crippen molar-refractivity contribution in [2.75, 3.05) is 0 Å². The number of halogens is 1. The van der Waals surface area contributed by atoms with E-state index in [1.807, 2.05) is 46.4 Å². The van der Waals surface area contributed by atoms with Gasteiger partial charge in [0.25, 0.3) is 0 Å². The van der Waals surface area contributed by atoms with E-state index in [0.29, 0.717) is 0 Å². The molecule has 1 N–H and O–H groups in total. The summed E-state index contributed by atoms with van der Waals surface area (Å²) in [6, 6.07) is 7.81. The Balaban J connectivity index is 1.77. The number of hydrogen-bond donors (Lipinski definition) is 1. The van der Waals surface area contributed by atoms with E-state index in [9.17, 15) is 0 Å². The molecule has 0 radical (unpaired) electrons. The molecule has 0 aliphatic heterocycles. The summed E-state index contributed by atoms with van der Waals surface area (Å²) in [6.45, 7) is -0.0265. The summed E-state index contributed by atoms with van der Waals surface area (Å²) in [5.41, 5.74) is 3.64. The maximum Gasteiger partial charge on any atom is 0.137 e. The highest BCUT2D eigenvalue weighted by Gasteiger charge is 2.09. The smallest absolute Gasteiger partial charge is 0.137 e. The highest BCUT2D eigenvalue weighted by atomic mass is 35.5. The molecule has 110 valence electrons. The molecule has 0 amide bonds. The van der Waals surface area contributed by atoms with Crippen LogP contribution in [-0.4, -0.2) is 19.5 Å². The van der Waals surface area contributed by atoms with Crippen LogP contribution in [-0.2, 0) is 6.61 Å². The number of aliphatic hydroxyl groups is 1. The van der Waals surface area contributed by atoms with Crippen molar-refractivity contribution in [1.29, 1.82) is 0 Å². The number of thiazole rings is 1. The van der Waals surface area contributed by atoms with Gasteiger partial charge in [-0.2, -0.15) is 0 Å². The number of pyridine rings is 1. The molecule has 0 saturated carbocycles. The van der Waals surface area contributed by atoms with Gasteiger partial charge in [-0.1, -0.05) is 11.6 Å². The molecule has 7 heteroatoms. The number of rotatable bonds is 3. The molecular formula is C15H10ClN3OS2. The Kier molecular flexibility index (Phi) is 3.46. The van der Waals surface area contributed by atoms with Crippen molar-refractivity contribution in [1.82, 2.24) is 14.4 Å². The molecule has 0 bridgehead atoms. The second-order valence-electron chi connectivity index (χ2n) is 4.70. The van der Waals surface area contributed by atoms with E-state index < -0.39 is 0 Å². The Labute approximate surface area is 139 Å². The van der Waals surface area contributed by atoms with Crippen molar-refractivity contribution < 1.29 is 5.11 Å². The van der Waals surface area contributed by atoms with Crippen LogP contribution < -0.4 is 0 Å². The molecule has 4 rings (SSSR count). The predicted octanol–water partition coefficient (Wildman–Crippen LogP) is 4.33. The van der Waals surface area contributed by atoms with E-state index in [2.05, 4.69) is 9.97 Å². The van der Waals surface area contributed by atoms with Gasteiger partial charge in [0.2, 0.25) is 0 Å². The third-order valence-corrected chi connectivity index (χ3v) is 5.35. The highest BCUT2D eigenvalue weighted by Crippen LogP contribution is 2.31. The SMILES string of the molecule is OCc1nc(-c2ccc3nc(-c4ccc(Cl)s4)cn3c2)cs1. The van der Waals surface area contributed by atoms with Crippen LogP contribution in [0.1, 0.15) is 5.01 Å². The molecule has 0 aromatic carbocycles. The van der Waals surface area contributed by atoms with Crippen molar-refractivity contribution in [3.05, 3.63) is 51.4 Å². The van der Waals surface area contributed by atoms with Crippen LogP contribution in [0.2, 0.25) is 4.34 Å². The first-order valence-electron chi connectivity index (χ1n) is 6.53. The summed E-state index contributed by atoms with van der Waals surface area (Å²) >= 11 is 8.96. The Hall–Kier alpha value is -1.73. The summed E-state index contributed by atoms with van der Waals surface area (Å²) in [7, 11) is 0. The predicted molar refractivity (Wildman–Crippen MR) is 90.5 cm³/mol. The van der Waals surface area contributed by atoms with Crippen molar-refractivity contribution in [3.63, 3.8) is 0 Å². The number of aliphatic hydroxyl groups excluding tert-OH is 1. The van der Waals surface area contributed by atoms with Crippen molar-refractivity contribution in [2.24, 2.45) is 0 Å². The summed E-state index contributed by atoms with van der Waals surface area (Å²) in [5.74, 6) is 0. The van der Waals surface area contributed by atoms with Crippen LogP contribution in [0, 0.1) is 0 Å². The molecule has 4 heterocycles. The molecular weight excluding hydrogens is 338 g/mol. The number of thiophene rings is 1. The first-order chi connectivity index (χ1) is 10.7. The van der Waals surface area contributed by atoms with Crippen LogP contribution in [0.4, 0.5) is 0 Å². The molecule has 22 heavy (non-hydrogen) atoms. The molecule has 0 aliphatic rings. The quantitative estimate of drug-likeness (QED) is 0.600. The molecule has 4 nitrogen and oxygen atoms in total. The van der Waals surface area contributed by atoms with Gasteiger partial charge in [-0.05, 0) is 24.3 Å². The molecule has 0 spiro atoms.